The molecular formula is C18H25F3N4O4S. The first kappa shape index (κ1) is 24.1. The van der Waals surface area contributed by atoms with Crippen molar-refractivity contribution in [1.29, 1.82) is 0 Å². The van der Waals surface area contributed by atoms with E-state index in [2.05, 4.69) is 10.3 Å². The lowest BCUT2D eigenvalue weighted by Gasteiger charge is -2.18. The molecule has 0 aliphatic heterocycles. The van der Waals surface area contributed by atoms with Gasteiger partial charge in [-0.05, 0) is 18.2 Å². The number of carbonyl (C=O) groups is 1. The van der Waals surface area contributed by atoms with E-state index < -0.39 is 27.9 Å². The summed E-state index contributed by atoms with van der Waals surface area (Å²) >= 11 is 0. The number of hydrogen-bond donors (Lipinski definition) is 1. The zero-order valence-electron chi connectivity index (χ0n) is 17.0. The Kier molecular flexibility index (Phi) is 7.83. The second kappa shape index (κ2) is 9.75. The molecule has 0 spiro atoms. The van der Waals surface area contributed by atoms with Gasteiger partial charge in [-0.25, -0.2) is 13.4 Å². The van der Waals surface area contributed by atoms with Crippen LogP contribution in [0.1, 0.15) is 26.1 Å². The van der Waals surface area contributed by atoms with E-state index in [0.717, 1.165) is 10.6 Å². The summed E-state index contributed by atoms with van der Waals surface area (Å²) in [6, 6.07) is 3.68. The van der Waals surface area contributed by atoms with Crippen LogP contribution in [0.15, 0.2) is 23.1 Å². The lowest BCUT2D eigenvalue weighted by Crippen LogP contribution is -2.30. The fraction of sp³-hybridized carbons (Fsp3) is 0.556. The first-order chi connectivity index (χ1) is 14.1. The molecule has 30 heavy (non-hydrogen) atoms. The third-order valence-electron chi connectivity index (χ3n) is 4.51. The molecule has 0 unspecified atom stereocenters. The number of amides is 1. The van der Waals surface area contributed by atoms with E-state index in [1.807, 2.05) is 0 Å². The number of rotatable bonds is 10. The van der Waals surface area contributed by atoms with E-state index in [9.17, 15) is 26.4 Å². The van der Waals surface area contributed by atoms with E-state index in [1.54, 1.807) is 13.8 Å². The monoisotopic (exact) mass is 450 g/mol. The van der Waals surface area contributed by atoms with Crippen LogP contribution in [0.2, 0.25) is 0 Å². The number of carbonyl (C=O) groups excluding carboxylic acids is 1. The van der Waals surface area contributed by atoms with E-state index >= 15 is 0 Å². The van der Waals surface area contributed by atoms with Crippen LogP contribution in [0, 0.1) is 0 Å². The molecule has 168 valence electrons. The van der Waals surface area contributed by atoms with Gasteiger partial charge in [0.2, 0.25) is 21.8 Å². The lowest BCUT2D eigenvalue weighted by atomic mass is 10.3. The third-order valence-corrected chi connectivity index (χ3v) is 6.55. The minimum Gasteiger partial charge on any atom is -0.383 e. The molecule has 0 aliphatic carbocycles. The number of benzene rings is 1. The zero-order chi connectivity index (χ0) is 22.5. The van der Waals surface area contributed by atoms with Crippen molar-refractivity contribution in [3.8, 4) is 0 Å². The van der Waals surface area contributed by atoms with Crippen molar-refractivity contribution < 1.29 is 31.1 Å². The Morgan fingerprint density at radius 1 is 1.27 bits per heavy atom. The number of hydrogen-bond acceptors (Lipinski definition) is 5. The van der Waals surface area contributed by atoms with Crippen molar-refractivity contribution in [3.63, 3.8) is 0 Å². The number of sulfonamides is 1. The van der Waals surface area contributed by atoms with Crippen molar-refractivity contribution in [2.24, 2.45) is 0 Å². The molecule has 2 rings (SSSR count). The molecule has 0 saturated heterocycles. The van der Waals surface area contributed by atoms with Crippen LogP contribution in [0.5, 0.6) is 0 Å². The van der Waals surface area contributed by atoms with Crippen LogP contribution in [0.3, 0.4) is 0 Å². The number of alkyl halides is 3. The van der Waals surface area contributed by atoms with Gasteiger partial charge in [-0.3, -0.25) is 4.79 Å². The number of nitrogens with zero attached hydrogens (tertiary/aromatic N) is 3. The number of aryl methyl sites for hydroxylation is 1. The third kappa shape index (κ3) is 5.29. The number of aromatic nitrogens is 2. The maximum Gasteiger partial charge on any atom is 0.449 e. The Morgan fingerprint density at radius 2 is 1.93 bits per heavy atom. The van der Waals surface area contributed by atoms with Crippen LogP contribution in [0.25, 0.3) is 11.0 Å². The largest absolute Gasteiger partial charge is 0.449 e. The van der Waals surface area contributed by atoms with Gasteiger partial charge in [0.1, 0.15) is 0 Å². The van der Waals surface area contributed by atoms with Gasteiger partial charge in [-0.15, -0.1) is 0 Å². The Hall–Kier alpha value is -2.18. The highest BCUT2D eigenvalue weighted by molar-refractivity contribution is 7.89. The fourth-order valence-corrected chi connectivity index (χ4v) is 4.50. The van der Waals surface area contributed by atoms with Gasteiger partial charge in [-0.2, -0.15) is 17.5 Å². The lowest BCUT2D eigenvalue weighted by molar-refractivity contribution is -0.147. The van der Waals surface area contributed by atoms with Crippen molar-refractivity contribution >= 4 is 27.0 Å². The summed E-state index contributed by atoms with van der Waals surface area (Å²) in [5.41, 5.74) is 0.000797. The topological polar surface area (TPSA) is 93.5 Å². The molecule has 0 radical (unpaired) electrons. The quantitative estimate of drug-likeness (QED) is 0.561. The average molecular weight is 450 g/mol. The molecule has 2 aromatic rings. The molecule has 8 nitrogen and oxygen atoms in total. The van der Waals surface area contributed by atoms with Crippen LogP contribution in [-0.4, -0.2) is 61.5 Å². The number of imidazole rings is 1. The van der Waals surface area contributed by atoms with Gasteiger partial charge in [0.05, 0.1) is 22.5 Å². The summed E-state index contributed by atoms with van der Waals surface area (Å²) in [5.74, 6) is -1.61. The Balaban J connectivity index is 2.41. The van der Waals surface area contributed by atoms with Crippen LogP contribution < -0.4 is 5.32 Å². The summed E-state index contributed by atoms with van der Waals surface area (Å²) in [7, 11) is -2.38. The molecule has 0 atom stereocenters. The van der Waals surface area contributed by atoms with Crippen LogP contribution in [0.4, 0.5) is 13.2 Å². The molecule has 0 aliphatic rings. The maximum absolute atomic E-state index is 13.5. The Morgan fingerprint density at radius 3 is 2.50 bits per heavy atom. The maximum atomic E-state index is 13.5. The number of methoxy groups -OCH3 is 1. The van der Waals surface area contributed by atoms with E-state index in [1.165, 1.54) is 23.5 Å². The molecule has 1 heterocycles. The second-order valence-electron chi connectivity index (χ2n) is 6.42. The minimum atomic E-state index is -4.76. The number of halogens is 3. The van der Waals surface area contributed by atoms with Gasteiger partial charge in [0, 0.05) is 39.7 Å². The van der Waals surface area contributed by atoms with E-state index in [0.29, 0.717) is 0 Å². The highest BCUT2D eigenvalue weighted by Crippen LogP contribution is 2.32. The van der Waals surface area contributed by atoms with Gasteiger partial charge in [-0.1, -0.05) is 13.8 Å². The summed E-state index contributed by atoms with van der Waals surface area (Å²) in [5, 5.41) is 2.54. The molecular weight excluding hydrogens is 425 g/mol. The van der Waals surface area contributed by atoms with Crippen molar-refractivity contribution in [2.75, 3.05) is 33.4 Å². The minimum absolute atomic E-state index is 0.102. The van der Waals surface area contributed by atoms with Crippen LogP contribution >= 0.6 is 0 Å². The molecule has 12 heteroatoms. The number of ether oxygens (including phenoxy) is 1. The fourth-order valence-electron chi connectivity index (χ4n) is 3.02. The predicted octanol–water partition coefficient (Wildman–Crippen LogP) is 2.24. The normalized spacial score (nSPS) is 12.6. The van der Waals surface area contributed by atoms with E-state index in [-0.39, 0.29) is 55.1 Å². The average Bonchev–Trinajstić information content (AvgIpc) is 3.05. The highest BCUT2D eigenvalue weighted by atomic mass is 32.2. The molecule has 1 amide bonds. The Labute approximate surface area is 173 Å². The van der Waals surface area contributed by atoms with Gasteiger partial charge < -0.3 is 14.6 Å². The van der Waals surface area contributed by atoms with Crippen molar-refractivity contribution in [1.82, 2.24) is 19.2 Å². The summed E-state index contributed by atoms with van der Waals surface area (Å²) in [4.78, 5) is 15.4. The zero-order valence-corrected chi connectivity index (χ0v) is 17.8. The van der Waals surface area contributed by atoms with Crippen molar-refractivity contribution in [3.05, 3.63) is 24.0 Å². The summed E-state index contributed by atoms with van der Waals surface area (Å²) < 4.78 is 72.8. The van der Waals surface area contributed by atoms with Gasteiger partial charge in [0.15, 0.2) is 0 Å². The molecule has 0 fully saturated rings. The predicted molar refractivity (Wildman–Crippen MR) is 104 cm³/mol. The molecule has 0 saturated carbocycles. The SMILES string of the molecule is CCN(CC)S(=O)(=O)c1ccc2c(c1)nc(C(F)(F)F)n2CCC(=O)NCCOC. The summed E-state index contributed by atoms with van der Waals surface area (Å²) in [6.07, 6.45) is -4.96. The van der Waals surface area contributed by atoms with E-state index in [4.69, 9.17) is 4.74 Å². The second-order valence-corrected chi connectivity index (χ2v) is 8.36. The first-order valence-corrected chi connectivity index (χ1v) is 10.8. The highest BCUT2D eigenvalue weighted by Gasteiger charge is 2.38. The van der Waals surface area contributed by atoms with Gasteiger partial charge in [0.25, 0.3) is 0 Å². The molecule has 1 aromatic heterocycles. The van der Waals surface area contributed by atoms with Crippen molar-refractivity contribution in [2.45, 2.75) is 37.9 Å². The summed E-state index contributed by atoms with van der Waals surface area (Å²) in [6.45, 7) is 4.10. The number of fused-ring (bicyclic) bond motifs is 1. The smallest absolute Gasteiger partial charge is 0.383 e. The number of nitrogens with one attached hydrogen (secondary N) is 1. The first-order valence-electron chi connectivity index (χ1n) is 9.39. The van der Waals surface area contributed by atoms with Gasteiger partial charge >= 0.3 is 6.18 Å². The standard InChI is InChI=1S/C18H25F3N4O4S/c1-4-24(5-2)30(27,28)13-6-7-15-14(12-13)23-17(18(19,20)21)25(15)10-8-16(26)22-9-11-29-3/h6-7,12H,4-5,8-11H2,1-3H3,(H,22,26). The molecule has 1 aromatic carbocycles. The van der Waals surface area contributed by atoms with Crippen LogP contribution in [-0.2, 0) is 32.3 Å². The molecule has 0 bridgehead atoms. The Bertz CT molecular complexity index is 985. The molecule has 1 N–H and O–H groups in total.